The summed E-state index contributed by atoms with van der Waals surface area (Å²) in [6.07, 6.45) is 0. The van der Waals surface area contributed by atoms with E-state index in [4.69, 9.17) is 32.4 Å². The lowest BCUT2D eigenvalue weighted by molar-refractivity contribution is 0.341. The molecule has 0 N–H and O–H groups in total. The molecular weight excluding hydrogens is 251 g/mol. The van der Waals surface area contributed by atoms with Crippen LogP contribution in [0.3, 0.4) is 0 Å². The first-order valence-corrected chi connectivity index (χ1v) is 5.43. The summed E-state index contributed by atoms with van der Waals surface area (Å²) in [5, 5.41) is 1.06. The molecule has 5 heteroatoms. The highest BCUT2D eigenvalue weighted by molar-refractivity contribution is 6.33. The molecule has 1 aromatic carbocycles. The standard InChI is InChI=1S/C11H8Cl2O3/c1-2-15-10-7-5-6(12)3-4-8(7)16-11(14)9(10)13/h3-5H,2H2,1H3. The second-order valence-electron chi connectivity index (χ2n) is 3.11. The van der Waals surface area contributed by atoms with E-state index < -0.39 is 5.63 Å². The van der Waals surface area contributed by atoms with Crippen molar-refractivity contribution in [3.63, 3.8) is 0 Å². The van der Waals surface area contributed by atoms with E-state index in [1.54, 1.807) is 25.1 Å². The highest BCUT2D eigenvalue weighted by Gasteiger charge is 2.14. The Morgan fingerprint density at radius 2 is 2.12 bits per heavy atom. The molecule has 0 aliphatic carbocycles. The number of halogens is 2. The van der Waals surface area contributed by atoms with E-state index in [1.165, 1.54) is 0 Å². The third-order valence-corrected chi connectivity index (χ3v) is 2.62. The lowest BCUT2D eigenvalue weighted by atomic mass is 10.2. The van der Waals surface area contributed by atoms with Gasteiger partial charge in [-0.25, -0.2) is 4.79 Å². The van der Waals surface area contributed by atoms with Crippen LogP contribution < -0.4 is 10.4 Å². The van der Waals surface area contributed by atoms with E-state index >= 15 is 0 Å². The van der Waals surface area contributed by atoms with E-state index in [0.29, 0.717) is 28.3 Å². The summed E-state index contributed by atoms with van der Waals surface area (Å²) in [4.78, 5) is 11.4. The Bertz CT molecular complexity index is 590. The highest BCUT2D eigenvalue weighted by atomic mass is 35.5. The first kappa shape index (κ1) is 11.3. The zero-order valence-electron chi connectivity index (χ0n) is 8.42. The minimum Gasteiger partial charge on any atom is -0.491 e. The fourth-order valence-electron chi connectivity index (χ4n) is 1.41. The van der Waals surface area contributed by atoms with Crippen molar-refractivity contribution >= 4 is 34.2 Å². The van der Waals surface area contributed by atoms with Gasteiger partial charge in [0.15, 0.2) is 10.8 Å². The quantitative estimate of drug-likeness (QED) is 0.775. The molecule has 1 aromatic heterocycles. The maximum atomic E-state index is 11.4. The molecule has 3 nitrogen and oxygen atoms in total. The predicted molar refractivity (Wildman–Crippen MR) is 63.7 cm³/mol. The molecule has 0 fully saturated rings. The van der Waals surface area contributed by atoms with Gasteiger partial charge in [0.25, 0.3) is 0 Å². The van der Waals surface area contributed by atoms with Crippen LogP contribution in [0.4, 0.5) is 0 Å². The van der Waals surface area contributed by atoms with Crippen LogP contribution in [-0.4, -0.2) is 6.61 Å². The summed E-state index contributed by atoms with van der Waals surface area (Å²) in [7, 11) is 0. The normalized spacial score (nSPS) is 10.7. The van der Waals surface area contributed by atoms with Crippen molar-refractivity contribution in [2.45, 2.75) is 6.92 Å². The van der Waals surface area contributed by atoms with Crippen molar-refractivity contribution in [1.29, 1.82) is 0 Å². The summed E-state index contributed by atoms with van der Waals surface area (Å²) >= 11 is 11.7. The highest BCUT2D eigenvalue weighted by Crippen LogP contribution is 2.32. The molecule has 0 aliphatic rings. The third kappa shape index (κ3) is 1.88. The molecular formula is C11H8Cl2O3. The van der Waals surface area contributed by atoms with Gasteiger partial charge in [-0.15, -0.1) is 0 Å². The Morgan fingerprint density at radius 3 is 2.81 bits per heavy atom. The van der Waals surface area contributed by atoms with E-state index in [9.17, 15) is 4.79 Å². The number of ether oxygens (including phenoxy) is 1. The minimum atomic E-state index is -0.611. The predicted octanol–water partition coefficient (Wildman–Crippen LogP) is 3.50. The molecule has 2 rings (SSSR count). The van der Waals surface area contributed by atoms with Crippen molar-refractivity contribution < 1.29 is 9.15 Å². The Morgan fingerprint density at radius 1 is 1.38 bits per heavy atom. The lowest BCUT2D eigenvalue weighted by Gasteiger charge is -2.07. The van der Waals surface area contributed by atoms with E-state index in [0.717, 1.165) is 0 Å². The van der Waals surface area contributed by atoms with Crippen LogP contribution in [0.2, 0.25) is 10.0 Å². The number of hydrogen-bond donors (Lipinski definition) is 0. The number of hydrogen-bond acceptors (Lipinski definition) is 3. The van der Waals surface area contributed by atoms with Crippen LogP contribution in [0.15, 0.2) is 27.4 Å². The van der Waals surface area contributed by atoms with E-state index in [2.05, 4.69) is 0 Å². The van der Waals surface area contributed by atoms with E-state index in [-0.39, 0.29) is 5.02 Å². The zero-order chi connectivity index (χ0) is 11.7. The molecule has 0 aliphatic heterocycles. The van der Waals surface area contributed by atoms with Gasteiger partial charge in [0.2, 0.25) is 0 Å². The molecule has 16 heavy (non-hydrogen) atoms. The van der Waals surface area contributed by atoms with E-state index in [1.807, 2.05) is 0 Å². The first-order valence-electron chi connectivity index (χ1n) is 4.68. The fraction of sp³-hybridized carbons (Fsp3) is 0.182. The van der Waals surface area contributed by atoms with Crippen molar-refractivity contribution in [2.24, 2.45) is 0 Å². The average molecular weight is 259 g/mol. The van der Waals surface area contributed by atoms with Crippen LogP contribution in [-0.2, 0) is 0 Å². The molecule has 0 bridgehead atoms. The van der Waals surface area contributed by atoms with Crippen LogP contribution in [0, 0.1) is 0 Å². The molecule has 0 radical (unpaired) electrons. The van der Waals surface area contributed by atoms with Gasteiger partial charge in [0, 0.05) is 5.02 Å². The molecule has 0 spiro atoms. The number of fused-ring (bicyclic) bond motifs is 1. The summed E-state index contributed by atoms with van der Waals surface area (Å²) in [5.74, 6) is 0.318. The Labute approximate surface area is 102 Å². The Balaban J connectivity index is 2.85. The van der Waals surface area contributed by atoms with Gasteiger partial charge in [-0.2, -0.15) is 0 Å². The summed E-state index contributed by atoms with van der Waals surface area (Å²) in [6.45, 7) is 2.21. The van der Waals surface area contributed by atoms with Crippen molar-refractivity contribution in [2.75, 3.05) is 6.61 Å². The first-order chi connectivity index (χ1) is 7.63. The molecule has 0 atom stereocenters. The molecule has 0 amide bonds. The Kier molecular flexibility index (Phi) is 3.08. The average Bonchev–Trinajstić information content (AvgIpc) is 2.26. The smallest absolute Gasteiger partial charge is 0.359 e. The second-order valence-corrected chi connectivity index (χ2v) is 3.92. The van der Waals surface area contributed by atoms with Crippen LogP contribution in [0.25, 0.3) is 11.0 Å². The monoisotopic (exact) mass is 258 g/mol. The Hall–Kier alpha value is -1.19. The van der Waals surface area contributed by atoms with Gasteiger partial charge in [0.1, 0.15) is 5.58 Å². The van der Waals surface area contributed by atoms with Gasteiger partial charge in [-0.3, -0.25) is 0 Å². The van der Waals surface area contributed by atoms with Crippen molar-refractivity contribution in [1.82, 2.24) is 0 Å². The zero-order valence-corrected chi connectivity index (χ0v) is 9.93. The number of rotatable bonds is 2. The fourth-order valence-corrected chi connectivity index (χ4v) is 1.78. The van der Waals surface area contributed by atoms with Crippen LogP contribution in [0.5, 0.6) is 5.75 Å². The van der Waals surface area contributed by atoms with Crippen molar-refractivity contribution in [3.05, 3.63) is 38.7 Å². The largest absolute Gasteiger partial charge is 0.491 e. The minimum absolute atomic E-state index is 0.0587. The summed E-state index contributed by atoms with van der Waals surface area (Å²) in [6, 6.07) is 4.89. The molecule has 2 aromatic rings. The maximum Gasteiger partial charge on any atom is 0.359 e. The molecule has 84 valence electrons. The molecule has 1 heterocycles. The lowest BCUT2D eigenvalue weighted by Crippen LogP contribution is -2.04. The molecule has 0 saturated heterocycles. The third-order valence-electron chi connectivity index (χ3n) is 2.06. The number of benzene rings is 1. The van der Waals surface area contributed by atoms with Gasteiger partial charge in [-0.1, -0.05) is 23.2 Å². The van der Waals surface area contributed by atoms with Crippen LogP contribution in [0.1, 0.15) is 6.92 Å². The van der Waals surface area contributed by atoms with Gasteiger partial charge in [0.05, 0.1) is 12.0 Å². The maximum absolute atomic E-state index is 11.4. The topological polar surface area (TPSA) is 39.4 Å². The van der Waals surface area contributed by atoms with Gasteiger partial charge >= 0.3 is 5.63 Å². The summed E-state index contributed by atoms with van der Waals surface area (Å²) < 4.78 is 10.3. The van der Waals surface area contributed by atoms with Crippen LogP contribution >= 0.6 is 23.2 Å². The SMILES string of the molecule is CCOc1c(Cl)c(=O)oc2ccc(Cl)cc12. The summed E-state index contributed by atoms with van der Waals surface area (Å²) in [5.41, 5.74) is -0.206. The van der Waals surface area contributed by atoms with Gasteiger partial charge < -0.3 is 9.15 Å². The molecule has 0 unspecified atom stereocenters. The van der Waals surface area contributed by atoms with Crippen molar-refractivity contribution in [3.8, 4) is 5.75 Å². The second kappa shape index (κ2) is 4.36. The van der Waals surface area contributed by atoms with Gasteiger partial charge in [-0.05, 0) is 25.1 Å². The molecule has 0 saturated carbocycles.